The first-order valence-electron chi connectivity index (χ1n) is 15.4. The van der Waals surface area contributed by atoms with Crippen molar-refractivity contribution in [2.24, 2.45) is 10.8 Å². The number of nitrogens with zero attached hydrogens (tertiary/aromatic N) is 1. The van der Waals surface area contributed by atoms with Crippen LogP contribution >= 0.6 is 0 Å². The van der Waals surface area contributed by atoms with Gasteiger partial charge in [-0.2, -0.15) is 0 Å². The van der Waals surface area contributed by atoms with Gasteiger partial charge in [-0.25, -0.2) is 9.59 Å². The minimum Gasteiger partial charge on any atom is -0.496 e. The lowest BCUT2D eigenvalue weighted by Gasteiger charge is -2.35. The highest BCUT2D eigenvalue weighted by atomic mass is 16.6. The molecule has 2 amide bonds. The molecule has 46 heavy (non-hydrogen) atoms. The number of methoxy groups -OCH3 is 2. The summed E-state index contributed by atoms with van der Waals surface area (Å²) in [6, 6.07) is 7.19. The summed E-state index contributed by atoms with van der Waals surface area (Å²) in [5.74, 6) is -1.11. The highest BCUT2D eigenvalue weighted by Gasteiger charge is 2.54. The van der Waals surface area contributed by atoms with Gasteiger partial charge in [-0.15, -0.1) is 6.58 Å². The summed E-state index contributed by atoms with van der Waals surface area (Å²) < 4.78 is 22.0. The van der Waals surface area contributed by atoms with E-state index in [4.69, 9.17) is 18.9 Å². The fraction of sp³-hybridized carbons (Fsp3) is 0.500. The summed E-state index contributed by atoms with van der Waals surface area (Å²) >= 11 is 0. The highest BCUT2D eigenvalue weighted by molar-refractivity contribution is 5.92. The third kappa shape index (κ3) is 8.27. The van der Waals surface area contributed by atoms with Gasteiger partial charge in [0, 0.05) is 18.9 Å². The van der Waals surface area contributed by atoms with Gasteiger partial charge >= 0.3 is 18.0 Å². The maximum absolute atomic E-state index is 14.3. The lowest BCUT2D eigenvalue weighted by Crippen LogP contribution is -2.57. The quantitative estimate of drug-likeness (QED) is 0.167. The molecule has 0 aliphatic carbocycles. The Hall–Kier alpha value is -4.34. The van der Waals surface area contributed by atoms with Crippen LogP contribution in [-0.2, 0) is 34.2 Å². The average molecular weight is 637 g/mol. The minimum absolute atomic E-state index is 0.0410. The molecule has 0 aromatic heterocycles. The second kappa shape index (κ2) is 14.4. The predicted octanol–water partition coefficient (Wildman–Crippen LogP) is 6.16. The van der Waals surface area contributed by atoms with Crippen LogP contribution in [0.4, 0.5) is 4.79 Å². The molecule has 2 aromatic carbocycles. The number of benzene rings is 2. The molecule has 3 rings (SSSR count). The van der Waals surface area contributed by atoms with Crippen molar-refractivity contribution in [3.05, 3.63) is 60.7 Å². The Morgan fingerprint density at radius 1 is 1.07 bits per heavy atom. The number of hydrogen-bond acceptors (Lipinski definition) is 8. The van der Waals surface area contributed by atoms with Crippen molar-refractivity contribution in [2.45, 2.75) is 78.5 Å². The molecule has 1 aliphatic heterocycles. The molecular weight excluding hydrogens is 588 g/mol. The van der Waals surface area contributed by atoms with Gasteiger partial charge in [0.1, 0.15) is 17.8 Å². The number of ether oxygens (including phenoxy) is 4. The Morgan fingerprint density at radius 3 is 2.33 bits per heavy atom. The lowest BCUT2D eigenvalue weighted by molar-refractivity contribution is -0.158. The third-order valence-corrected chi connectivity index (χ3v) is 8.44. The van der Waals surface area contributed by atoms with E-state index in [0.717, 1.165) is 22.8 Å². The number of carbonyl (C=O) groups excluding carboxylic acids is 4. The standard InChI is InChI=1S/C36H48N2O8/c1-11-15-35(7,8)16-17-45-33(42)37-30(34(4,5)6)31(40)38-22-36(46-23(3)39,21-28(38)32(41)44-10)27-14-13-25-20-29(43-9)24(12-2)18-26(25)19-27/h11-14,18-20,28,30H,1-2,15-17,21-22H2,3-10H3,(H,37,42)/t28-,30+,36-/m0/s1. The molecule has 1 saturated heterocycles. The van der Waals surface area contributed by atoms with Gasteiger partial charge in [0.2, 0.25) is 5.91 Å². The Kier molecular flexibility index (Phi) is 11.3. The average Bonchev–Trinajstić information content (AvgIpc) is 3.37. The van der Waals surface area contributed by atoms with E-state index in [-0.39, 0.29) is 25.0 Å². The molecule has 2 aromatic rings. The van der Waals surface area contributed by atoms with Gasteiger partial charge in [0.15, 0.2) is 5.60 Å². The minimum atomic E-state index is -1.37. The molecule has 3 atom stereocenters. The number of allylic oxidation sites excluding steroid dienone is 1. The molecule has 1 heterocycles. The van der Waals surface area contributed by atoms with E-state index in [9.17, 15) is 19.2 Å². The van der Waals surface area contributed by atoms with Crippen molar-refractivity contribution in [1.82, 2.24) is 10.2 Å². The molecule has 250 valence electrons. The number of fused-ring (bicyclic) bond motifs is 1. The molecule has 0 radical (unpaired) electrons. The van der Waals surface area contributed by atoms with E-state index in [1.807, 2.05) is 36.4 Å². The van der Waals surface area contributed by atoms with E-state index in [1.165, 1.54) is 18.9 Å². The number of alkyl carbamates (subject to hydrolysis) is 1. The van der Waals surface area contributed by atoms with E-state index in [1.54, 1.807) is 34.0 Å². The van der Waals surface area contributed by atoms with E-state index in [2.05, 4.69) is 32.3 Å². The zero-order chi connectivity index (χ0) is 34.4. The van der Waals surface area contributed by atoms with Crippen LogP contribution in [0.1, 0.15) is 71.9 Å². The third-order valence-electron chi connectivity index (χ3n) is 8.44. The van der Waals surface area contributed by atoms with Crippen LogP contribution in [0.3, 0.4) is 0 Å². The molecule has 10 heteroatoms. The molecule has 1 aliphatic rings. The molecule has 0 spiro atoms. The molecule has 0 saturated carbocycles. The van der Waals surface area contributed by atoms with Crippen LogP contribution < -0.4 is 10.1 Å². The molecule has 0 unspecified atom stereocenters. The molecule has 0 bridgehead atoms. The number of carbonyl (C=O) groups is 4. The highest BCUT2D eigenvalue weighted by Crippen LogP contribution is 2.42. The van der Waals surface area contributed by atoms with Crippen LogP contribution in [-0.4, -0.2) is 68.3 Å². The maximum atomic E-state index is 14.3. The molecule has 10 nitrogen and oxygen atoms in total. The van der Waals surface area contributed by atoms with Crippen molar-refractivity contribution in [2.75, 3.05) is 27.4 Å². The van der Waals surface area contributed by atoms with Gasteiger partial charge < -0.3 is 29.2 Å². The summed E-state index contributed by atoms with van der Waals surface area (Å²) in [6.45, 7) is 18.5. The predicted molar refractivity (Wildman–Crippen MR) is 177 cm³/mol. The van der Waals surface area contributed by atoms with Crippen LogP contribution in [0.15, 0.2) is 49.6 Å². The van der Waals surface area contributed by atoms with Crippen LogP contribution in [0, 0.1) is 10.8 Å². The second-order valence-electron chi connectivity index (χ2n) is 13.6. The number of likely N-dealkylation sites (tertiary alicyclic amines) is 1. The zero-order valence-corrected chi connectivity index (χ0v) is 28.4. The zero-order valence-electron chi connectivity index (χ0n) is 28.4. The normalized spacial score (nSPS) is 18.8. The van der Waals surface area contributed by atoms with Gasteiger partial charge in [0.25, 0.3) is 0 Å². The first kappa shape index (κ1) is 36.1. The summed E-state index contributed by atoms with van der Waals surface area (Å²) in [7, 11) is 2.82. The monoisotopic (exact) mass is 636 g/mol. The summed E-state index contributed by atoms with van der Waals surface area (Å²) in [6.07, 6.45) is 4.09. The summed E-state index contributed by atoms with van der Waals surface area (Å²) in [5, 5.41) is 4.44. The van der Waals surface area contributed by atoms with Crippen LogP contribution in [0.25, 0.3) is 16.8 Å². The second-order valence-corrected chi connectivity index (χ2v) is 13.6. The number of rotatable bonds is 12. The Labute approximate surface area is 272 Å². The Bertz CT molecular complexity index is 1490. The van der Waals surface area contributed by atoms with E-state index in [0.29, 0.717) is 17.7 Å². The summed E-state index contributed by atoms with van der Waals surface area (Å²) in [4.78, 5) is 54.3. The first-order valence-corrected chi connectivity index (χ1v) is 15.4. The first-order chi connectivity index (χ1) is 21.5. The number of nitrogens with one attached hydrogen (secondary N) is 1. The topological polar surface area (TPSA) is 120 Å². The molecule has 1 N–H and O–H groups in total. The smallest absolute Gasteiger partial charge is 0.407 e. The fourth-order valence-electron chi connectivity index (χ4n) is 5.87. The van der Waals surface area contributed by atoms with E-state index < -0.39 is 47.0 Å². The summed E-state index contributed by atoms with van der Waals surface area (Å²) in [5.41, 5.74) is -0.870. The van der Waals surface area contributed by atoms with E-state index >= 15 is 0 Å². The van der Waals surface area contributed by atoms with Crippen molar-refractivity contribution in [1.29, 1.82) is 0 Å². The van der Waals surface area contributed by atoms with Gasteiger partial charge in [-0.1, -0.05) is 65.5 Å². The number of esters is 2. The fourth-order valence-corrected chi connectivity index (χ4v) is 5.87. The van der Waals surface area contributed by atoms with Crippen LogP contribution in [0.5, 0.6) is 5.75 Å². The Balaban J connectivity index is 2.00. The largest absolute Gasteiger partial charge is 0.496 e. The molecule has 1 fully saturated rings. The maximum Gasteiger partial charge on any atom is 0.407 e. The van der Waals surface area contributed by atoms with Crippen molar-refractivity contribution >= 4 is 40.8 Å². The molecular formula is C36H48N2O8. The Morgan fingerprint density at radius 2 is 1.76 bits per heavy atom. The number of hydrogen-bond donors (Lipinski definition) is 1. The lowest BCUT2D eigenvalue weighted by atomic mass is 9.85. The SMILES string of the molecule is C=CCC(C)(C)CCOC(=O)N[C@H](C(=O)N1C[C@](OC(C)=O)(c2ccc3cc(OC)c(C=C)cc3c2)C[C@H]1C(=O)OC)C(C)(C)C. The van der Waals surface area contributed by atoms with Gasteiger partial charge in [-0.05, 0) is 58.2 Å². The van der Waals surface area contributed by atoms with Crippen molar-refractivity contribution < 1.29 is 38.1 Å². The van der Waals surface area contributed by atoms with Gasteiger partial charge in [0.05, 0.1) is 27.4 Å². The van der Waals surface area contributed by atoms with Gasteiger partial charge in [-0.3, -0.25) is 9.59 Å². The van der Waals surface area contributed by atoms with Crippen LogP contribution in [0.2, 0.25) is 0 Å². The number of amides is 2. The van der Waals surface area contributed by atoms with Crippen molar-refractivity contribution in [3.8, 4) is 5.75 Å². The van der Waals surface area contributed by atoms with Crippen molar-refractivity contribution in [3.63, 3.8) is 0 Å².